The molecule has 0 unspecified atom stereocenters. The predicted molar refractivity (Wildman–Crippen MR) is 94.0 cm³/mol. The Labute approximate surface area is 142 Å². The molecular weight excluding hydrogens is 326 g/mol. The number of carbonyl (C=O) groups is 1. The van der Waals surface area contributed by atoms with Crippen molar-refractivity contribution in [3.05, 3.63) is 62.6 Å². The maximum Gasteiger partial charge on any atom is 0.349 e. The van der Waals surface area contributed by atoms with E-state index in [1.165, 1.54) is 18.1 Å². The predicted octanol–water partition coefficient (Wildman–Crippen LogP) is 3.22. The zero-order valence-corrected chi connectivity index (χ0v) is 14.2. The highest BCUT2D eigenvalue weighted by atomic mass is 32.1. The standard InChI is InChI=1S/C18H17NO4S/c1-11(9-13-6-4-8-24-13)19-17(20)14-10-12-5-3-7-15(22-2)16(12)23-18(14)21/h3-8,10-11H,9H2,1-2H3,(H,19,20)/t11-/m1/s1. The lowest BCUT2D eigenvalue weighted by Gasteiger charge is -2.13. The van der Waals surface area contributed by atoms with Crippen LogP contribution >= 0.6 is 11.3 Å². The van der Waals surface area contributed by atoms with E-state index in [0.29, 0.717) is 16.7 Å². The minimum Gasteiger partial charge on any atom is -0.493 e. The third kappa shape index (κ3) is 3.33. The Kier molecular flexibility index (Phi) is 4.66. The average Bonchev–Trinajstić information content (AvgIpc) is 3.06. The monoisotopic (exact) mass is 343 g/mol. The van der Waals surface area contributed by atoms with E-state index >= 15 is 0 Å². The second-order valence-electron chi connectivity index (χ2n) is 5.48. The first-order valence-corrected chi connectivity index (χ1v) is 8.40. The summed E-state index contributed by atoms with van der Waals surface area (Å²) in [7, 11) is 1.50. The summed E-state index contributed by atoms with van der Waals surface area (Å²) in [6.07, 6.45) is 0.718. The van der Waals surface area contributed by atoms with Gasteiger partial charge in [-0.3, -0.25) is 4.79 Å². The Morgan fingerprint density at radius 2 is 2.17 bits per heavy atom. The van der Waals surface area contributed by atoms with Crippen molar-refractivity contribution in [1.82, 2.24) is 5.32 Å². The first-order valence-electron chi connectivity index (χ1n) is 7.52. The molecule has 0 bridgehead atoms. The lowest BCUT2D eigenvalue weighted by atomic mass is 10.1. The molecule has 2 heterocycles. The molecule has 0 aliphatic carbocycles. The number of para-hydroxylation sites is 1. The summed E-state index contributed by atoms with van der Waals surface area (Å²) in [6, 6.07) is 10.7. The van der Waals surface area contributed by atoms with Crippen molar-refractivity contribution in [2.24, 2.45) is 0 Å². The number of thiophene rings is 1. The molecule has 0 spiro atoms. The second kappa shape index (κ2) is 6.88. The van der Waals surface area contributed by atoms with Gasteiger partial charge in [-0.25, -0.2) is 4.79 Å². The fourth-order valence-corrected chi connectivity index (χ4v) is 3.36. The molecule has 0 aliphatic rings. The first kappa shape index (κ1) is 16.3. The molecule has 3 rings (SSSR count). The number of benzene rings is 1. The van der Waals surface area contributed by atoms with Gasteiger partial charge < -0.3 is 14.5 Å². The fourth-order valence-electron chi connectivity index (χ4n) is 2.52. The van der Waals surface area contributed by atoms with Gasteiger partial charge in [-0.1, -0.05) is 18.2 Å². The summed E-state index contributed by atoms with van der Waals surface area (Å²) >= 11 is 1.64. The van der Waals surface area contributed by atoms with Crippen LogP contribution in [0.25, 0.3) is 11.0 Å². The van der Waals surface area contributed by atoms with Crippen molar-refractivity contribution in [2.75, 3.05) is 7.11 Å². The number of rotatable bonds is 5. The molecule has 1 aromatic carbocycles. The molecule has 6 heteroatoms. The summed E-state index contributed by atoms with van der Waals surface area (Å²) in [5, 5.41) is 5.48. The van der Waals surface area contributed by atoms with Crippen molar-refractivity contribution in [3.8, 4) is 5.75 Å². The molecular formula is C18H17NO4S. The van der Waals surface area contributed by atoms with E-state index < -0.39 is 11.5 Å². The van der Waals surface area contributed by atoms with Crippen LogP contribution in [0.5, 0.6) is 5.75 Å². The molecule has 1 amide bonds. The van der Waals surface area contributed by atoms with Crippen LogP contribution in [0.1, 0.15) is 22.2 Å². The first-order chi connectivity index (χ1) is 11.6. The molecule has 2 aromatic heterocycles. The van der Waals surface area contributed by atoms with Gasteiger partial charge in [0, 0.05) is 22.7 Å². The highest BCUT2D eigenvalue weighted by Gasteiger charge is 2.17. The normalized spacial score (nSPS) is 12.1. The second-order valence-corrected chi connectivity index (χ2v) is 6.52. The van der Waals surface area contributed by atoms with Crippen molar-refractivity contribution in [1.29, 1.82) is 0 Å². The summed E-state index contributed by atoms with van der Waals surface area (Å²) in [5.74, 6) is 0.0279. The highest BCUT2D eigenvalue weighted by Crippen LogP contribution is 2.24. The number of carbonyl (C=O) groups excluding carboxylic acids is 1. The topological polar surface area (TPSA) is 68.5 Å². The van der Waals surface area contributed by atoms with Gasteiger partial charge in [0.25, 0.3) is 5.91 Å². The summed E-state index contributed by atoms with van der Waals surface area (Å²) in [6.45, 7) is 1.91. The number of amides is 1. The number of hydrogen-bond donors (Lipinski definition) is 1. The van der Waals surface area contributed by atoms with Crippen LogP contribution in [0.3, 0.4) is 0 Å². The lowest BCUT2D eigenvalue weighted by molar-refractivity contribution is 0.0936. The van der Waals surface area contributed by atoms with Crippen LogP contribution in [-0.4, -0.2) is 19.1 Å². The largest absolute Gasteiger partial charge is 0.493 e. The van der Waals surface area contributed by atoms with Gasteiger partial charge in [-0.15, -0.1) is 11.3 Å². The van der Waals surface area contributed by atoms with Gasteiger partial charge in [-0.05, 0) is 30.5 Å². The fraction of sp³-hybridized carbons (Fsp3) is 0.222. The van der Waals surface area contributed by atoms with E-state index in [0.717, 1.165) is 6.42 Å². The number of hydrogen-bond acceptors (Lipinski definition) is 5. The van der Waals surface area contributed by atoms with Crippen molar-refractivity contribution in [2.45, 2.75) is 19.4 Å². The molecule has 0 radical (unpaired) electrons. The van der Waals surface area contributed by atoms with Crippen LogP contribution < -0.4 is 15.7 Å². The Hall–Kier alpha value is -2.60. The van der Waals surface area contributed by atoms with E-state index in [1.54, 1.807) is 29.5 Å². The SMILES string of the molecule is COc1cccc2cc(C(=O)N[C@H](C)Cc3cccs3)c(=O)oc12. The molecule has 0 saturated heterocycles. The molecule has 3 aromatic rings. The summed E-state index contributed by atoms with van der Waals surface area (Å²) in [5.41, 5.74) is -0.338. The molecule has 1 atom stereocenters. The van der Waals surface area contributed by atoms with Gasteiger partial charge in [0.2, 0.25) is 0 Å². The number of methoxy groups -OCH3 is 1. The minimum atomic E-state index is -0.673. The highest BCUT2D eigenvalue weighted by molar-refractivity contribution is 7.09. The smallest absolute Gasteiger partial charge is 0.349 e. The molecule has 124 valence electrons. The van der Waals surface area contributed by atoms with Gasteiger partial charge in [0.05, 0.1) is 7.11 Å². The van der Waals surface area contributed by atoms with Crippen LogP contribution in [0, 0.1) is 0 Å². The van der Waals surface area contributed by atoms with Crippen LogP contribution in [0.4, 0.5) is 0 Å². The Balaban J connectivity index is 1.84. The third-order valence-electron chi connectivity index (χ3n) is 3.65. The average molecular weight is 343 g/mol. The molecule has 0 saturated carbocycles. The lowest BCUT2D eigenvalue weighted by Crippen LogP contribution is -2.36. The van der Waals surface area contributed by atoms with Crippen molar-refractivity contribution in [3.63, 3.8) is 0 Å². The van der Waals surface area contributed by atoms with E-state index in [9.17, 15) is 9.59 Å². The molecule has 1 N–H and O–H groups in total. The summed E-state index contributed by atoms with van der Waals surface area (Å²) in [4.78, 5) is 25.7. The number of fused-ring (bicyclic) bond motifs is 1. The van der Waals surface area contributed by atoms with Crippen LogP contribution in [0.2, 0.25) is 0 Å². The maximum absolute atomic E-state index is 12.4. The Morgan fingerprint density at radius 1 is 1.33 bits per heavy atom. The maximum atomic E-state index is 12.4. The van der Waals surface area contributed by atoms with Crippen LogP contribution in [-0.2, 0) is 6.42 Å². The molecule has 0 aliphatic heterocycles. The molecule has 24 heavy (non-hydrogen) atoms. The quantitative estimate of drug-likeness (QED) is 0.722. The molecule has 5 nitrogen and oxygen atoms in total. The van der Waals surface area contributed by atoms with Gasteiger partial charge >= 0.3 is 5.63 Å². The van der Waals surface area contributed by atoms with Gasteiger partial charge in [0.1, 0.15) is 5.56 Å². The van der Waals surface area contributed by atoms with Crippen molar-refractivity contribution >= 4 is 28.2 Å². The van der Waals surface area contributed by atoms with E-state index in [2.05, 4.69) is 5.32 Å². The van der Waals surface area contributed by atoms with E-state index in [-0.39, 0.29) is 11.6 Å². The van der Waals surface area contributed by atoms with E-state index in [4.69, 9.17) is 9.15 Å². The van der Waals surface area contributed by atoms with E-state index in [1.807, 2.05) is 24.4 Å². The third-order valence-corrected chi connectivity index (χ3v) is 4.55. The van der Waals surface area contributed by atoms with Gasteiger partial charge in [0.15, 0.2) is 11.3 Å². The van der Waals surface area contributed by atoms with Gasteiger partial charge in [-0.2, -0.15) is 0 Å². The van der Waals surface area contributed by atoms with Crippen molar-refractivity contribution < 1.29 is 13.9 Å². The Bertz CT molecular complexity index is 914. The number of nitrogens with one attached hydrogen (secondary N) is 1. The minimum absolute atomic E-state index is 0.00576. The zero-order chi connectivity index (χ0) is 17.1. The van der Waals surface area contributed by atoms with Crippen LogP contribution in [0.15, 0.2) is 51.0 Å². The number of ether oxygens (including phenoxy) is 1. The zero-order valence-electron chi connectivity index (χ0n) is 13.4. The Morgan fingerprint density at radius 3 is 2.88 bits per heavy atom. The molecule has 0 fully saturated rings. The summed E-state index contributed by atoms with van der Waals surface area (Å²) < 4.78 is 10.5.